The molecule has 1 atom stereocenters. The third-order valence-corrected chi connectivity index (χ3v) is 14.3. The highest BCUT2D eigenvalue weighted by atomic mass is 16.6. The topological polar surface area (TPSA) is 78.9 Å². The molecule has 0 radical (unpaired) electrons. The largest absolute Gasteiger partial charge is 0.462 e. The number of carbonyl (C=O) groups excluding carboxylic acids is 3. The van der Waals surface area contributed by atoms with Gasteiger partial charge in [-0.2, -0.15) is 0 Å². The minimum absolute atomic E-state index is 0.0944. The summed E-state index contributed by atoms with van der Waals surface area (Å²) in [6.45, 7) is 6.41. The number of hydrogen-bond donors (Lipinski definition) is 0. The highest BCUT2D eigenvalue weighted by Gasteiger charge is 2.19. The third kappa shape index (κ3) is 64.8. The molecule has 79 heavy (non-hydrogen) atoms. The molecule has 0 rings (SSSR count). The lowest BCUT2D eigenvalue weighted by Crippen LogP contribution is -2.30. The number of ether oxygens (including phenoxy) is 3. The normalized spacial score (nSPS) is 12.8. The van der Waals surface area contributed by atoms with Crippen molar-refractivity contribution in [3.05, 3.63) is 109 Å². The van der Waals surface area contributed by atoms with E-state index >= 15 is 0 Å². The number of esters is 3. The summed E-state index contributed by atoms with van der Waals surface area (Å²) in [5.74, 6) is -0.923. The predicted molar refractivity (Wildman–Crippen MR) is 343 cm³/mol. The highest BCUT2D eigenvalue weighted by Crippen LogP contribution is 2.17. The van der Waals surface area contributed by atoms with Gasteiger partial charge >= 0.3 is 17.9 Å². The van der Waals surface area contributed by atoms with Crippen molar-refractivity contribution >= 4 is 17.9 Å². The molecule has 0 aromatic carbocycles. The number of carbonyl (C=O) groups is 3. The van der Waals surface area contributed by atoms with Crippen molar-refractivity contribution in [3.63, 3.8) is 0 Å². The van der Waals surface area contributed by atoms with Crippen molar-refractivity contribution in [3.8, 4) is 0 Å². The molecule has 452 valence electrons. The molecule has 0 fully saturated rings. The van der Waals surface area contributed by atoms with E-state index in [2.05, 4.69) is 130 Å². The molecule has 0 aliphatic carbocycles. The van der Waals surface area contributed by atoms with Crippen LogP contribution in [0.25, 0.3) is 0 Å². The summed E-state index contributed by atoms with van der Waals surface area (Å²) < 4.78 is 16.9. The zero-order valence-corrected chi connectivity index (χ0v) is 51.9. The van der Waals surface area contributed by atoms with Crippen molar-refractivity contribution in [1.82, 2.24) is 0 Å². The van der Waals surface area contributed by atoms with E-state index in [1.54, 1.807) is 0 Å². The maximum Gasteiger partial charge on any atom is 0.306 e. The van der Waals surface area contributed by atoms with E-state index < -0.39 is 6.10 Å². The summed E-state index contributed by atoms with van der Waals surface area (Å²) >= 11 is 0. The fourth-order valence-corrected chi connectivity index (χ4v) is 9.35. The van der Waals surface area contributed by atoms with Crippen LogP contribution in [0, 0.1) is 0 Å². The summed E-state index contributed by atoms with van der Waals surface area (Å²) in [5.41, 5.74) is 0. The Kier molecular flexibility index (Phi) is 63.3. The van der Waals surface area contributed by atoms with Crippen LogP contribution in [0.2, 0.25) is 0 Å². The van der Waals surface area contributed by atoms with Crippen LogP contribution < -0.4 is 0 Å². The predicted octanol–water partition coefficient (Wildman–Crippen LogP) is 23.0. The van der Waals surface area contributed by atoms with Gasteiger partial charge in [0.1, 0.15) is 13.2 Å². The summed E-state index contributed by atoms with van der Waals surface area (Å²) in [5, 5.41) is 0. The first-order chi connectivity index (χ1) is 39.0. The second-order valence-corrected chi connectivity index (χ2v) is 22.0. The van der Waals surface area contributed by atoms with Crippen LogP contribution in [-0.2, 0) is 28.6 Å². The molecule has 6 nitrogen and oxygen atoms in total. The average Bonchev–Trinajstić information content (AvgIpc) is 3.45. The fourth-order valence-electron chi connectivity index (χ4n) is 9.35. The monoisotopic (exact) mass is 1100 g/mol. The van der Waals surface area contributed by atoms with Crippen LogP contribution in [0.3, 0.4) is 0 Å². The number of rotatable bonds is 60. The Balaban J connectivity index is 4.40. The van der Waals surface area contributed by atoms with Gasteiger partial charge in [-0.15, -0.1) is 0 Å². The van der Waals surface area contributed by atoms with Crippen molar-refractivity contribution in [2.75, 3.05) is 13.2 Å². The van der Waals surface area contributed by atoms with Crippen LogP contribution in [0.15, 0.2) is 109 Å². The smallest absolute Gasteiger partial charge is 0.306 e. The Morgan fingerprint density at radius 1 is 0.266 bits per heavy atom. The first-order valence-corrected chi connectivity index (χ1v) is 33.4. The van der Waals surface area contributed by atoms with Gasteiger partial charge in [0.2, 0.25) is 0 Å². The molecule has 1 unspecified atom stereocenters. The standard InChI is InChI=1S/C73H124O6/c1-4-7-10-13-16-19-22-25-28-30-32-34-36-38-40-42-45-48-51-54-57-60-63-66-72(75)78-69-70(68-77-71(74)65-62-59-56-53-50-47-44-27-24-21-18-15-12-9-6-3)79-73(76)67-64-61-58-55-52-49-46-43-41-39-37-35-33-31-29-26-23-20-17-14-11-8-5-2/h7,9-10,12,16,18-19,21,25,27-28,32,34,38,40,44-45,48,70H,4-6,8,11,13-15,17,20,22-24,26,29-31,33,35-37,39,41-43,46-47,49-69H2,1-3H3/b10-7-,12-9-,19-16-,21-18-,28-25-,34-32-,40-38-,44-27-,48-45-. The van der Waals surface area contributed by atoms with Crippen LogP contribution in [0.1, 0.15) is 316 Å². The molecule has 0 bridgehead atoms. The molecule has 0 aromatic rings. The molecule has 0 N–H and O–H groups in total. The SMILES string of the molecule is CC/C=C\C/C=C\C/C=C\C/C=C\C/C=C\C/C=C\CCCCCCC(=O)OCC(COC(=O)CCCCCCC/C=C\C/C=C\C/C=C\CC)OC(=O)CCCCCCCCCCCCCCCCCCCCCCCCC. The summed E-state index contributed by atoms with van der Waals surface area (Å²) in [6.07, 6.45) is 91.0. The minimum atomic E-state index is -0.798. The van der Waals surface area contributed by atoms with E-state index in [0.29, 0.717) is 19.3 Å². The van der Waals surface area contributed by atoms with Crippen molar-refractivity contribution < 1.29 is 28.6 Å². The second kappa shape index (κ2) is 66.6. The molecule has 0 saturated heterocycles. The Bertz CT molecular complexity index is 1590. The Morgan fingerprint density at radius 3 is 0.772 bits per heavy atom. The van der Waals surface area contributed by atoms with Crippen molar-refractivity contribution in [2.45, 2.75) is 322 Å². The average molecular weight is 1100 g/mol. The Hall–Kier alpha value is -3.93. The van der Waals surface area contributed by atoms with Gasteiger partial charge in [0, 0.05) is 19.3 Å². The number of allylic oxidation sites excluding steroid dienone is 18. The highest BCUT2D eigenvalue weighted by molar-refractivity contribution is 5.71. The van der Waals surface area contributed by atoms with E-state index in [0.717, 1.165) is 148 Å². The van der Waals surface area contributed by atoms with Gasteiger partial charge in [-0.3, -0.25) is 14.4 Å². The number of hydrogen-bond acceptors (Lipinski definition) is 6. The summed E-state index contributed by atoms with van der Waals surface area (Å²) in [4.78, 5) is 38.4. The summed E-state index contributed by atoms with van der Waals surface area (Å²) in [6, 6.07) is 0. The summed E-state index contributed by atoms with van der Waals surface area (Å²) in [7, 11) is 0. The maximum atomic E-state index is 12.9. The van der Waals surface area contributed by atoms with Crippen LogP contribution in [-0.4, -0.2) is 37.2 Å². The van der Waals surface area contributed by atoms with Crippen LogP contribution >= 0.6 is 0 Å². The van der Waals surface area contributed by atoms with Crippen LogP contribution in [0.5, 0.6) is 0 Å². The zero-order valence-electron chi connectivity index (χ0n) is 51.9. The lowest BCUT2D eigenvalue weighted by molar-refractivity contribution is -0.167. The van der Waals surface area contributed by atoms with Gasteiger partial charge in [-0.05, 0) is 103 Å². The van der Waals surface area contributed by atoms with E-state index in [1.165, 1.54) is 128 Å². The quantitative estimate of drug-likeness (QED) is 0.0261. The Morgan fingerprint density at radius 2 is 0.494 bits per heavy atom. The van der Waals surface area contributed by atoms with E-state index in [1.807, 2.05) is 0 Å². The number of unbranched alkanes of at least 4 members (excludes halogenated alkanes) is 31. The maximum absolute atomic E-state index is 12.9. The van der Waals surface area contributed by atoms with Gasteiger partial charge in [-0.1, -0.05) is 304 Å². The van der Waals surface area contributed by atoms with E-state index in [9.17, 15) is 14.4 Å². The molecule has 0 aliphatic rings. The van der Waals surface area contributed by atoms with Crippen LogP contribution in [0.4, 0.5) is 0 Å². The lowest BCUT2D eigenvalue weighted by atomic mass is 10.0. The molecule has 0 aliphatic heterocycles. The molecule has 6 heteroatoms. The van der Waals surface area contributed by atoms with Crippen molar-refractivity contribution in [2.24, 2.45) is 0 Å². The van der Waals surface area contributed by atoms with Gasteiger partial charge < -0.3 is 14.2 Å². The Labute approximate surface area is 489 Å². The molecule has 0 aromatic heterocycles. The van der Waals surface area contributed by atoms with Gasteiger partial charge in [0.15, 0.2) is 6.10 Å². The molecular weight excluding hydrogens is 973 g/mol. The minimum Gasteiger partial charge on any atom is -0.462 e. The molecular formula is C73H124O6. The fraction of sp³-hybridized carbons (Fsp3) is 0.712. The van der Waals surface area contributed by atoms with Gasteiger partial charge in [0.25, 0.3) is 0 Å². The molecule has 0 heterocycles. The molecule has 0 amide bonds. The third-order valence-electron chi connectivity index (χ3n) is 14.3. The second-order valence-electron chi connectivity index (χ2n) is 22.0. The van der Waals surface area contributed by atoms with E-state index in [-0.39, 0.29) is 31.1 Å². The molecule has 0 spiro atoms. The molecule has 0 saturated carbocycles. The van der Waals surface area contributed by atoms with Gasteiger partial charge in [-0.25, -0.2) is 0 Å². The zero-order chi connectivity index (χ0) is 57.1. The first-order valence-electron chi connectivity index (χ1n) is 33.4. The lowest BCUT2D eigenvalue weighted by Gasteiger charge is -2.18. The van der Waals surface area contributed by atoms with Crippen molar-refractivity contribution in [1.29, 1.82) is 0 Å². The van der Waals surface area contributed by atoms with Gasteiger partial charge in [0.05, 0.1) is 0 Å². The first kappa shape index (κ1) is 75.1. The van der Waals surface area contributed by atoms with E-state index in [4.69, 9.17) is 14.2 Å².